The molecular weight excluding hydrogens is 717 g/mol. The molecule has 0 saturated carbocycles. The van der Waals surface area contributed by atoms with E-state index in [1.807, 2.05) is 84.1 Å². The minimum atomic E-state index is 0.600. The van der Waals surface area contributed by atoms with Crippen LogP contribution in [0.1, 0.15) is 0 Å². The van der Waals surface area contributed by atoms with Gasteiger partial charge in [0.1, 0.15) is 11.2 Å². The Morgan fingerprint density at radius 3 is 1.72 bits per heavy atom. The first-order valence-corrected chi connectivity index (χ1v) is 19.8. The summed E-state index contributed by atoms with van der Waals surface area (Å²) in [4.78, 5) is 15.1. The normalized spacial score (nSPS) is 11.9. The Morgan fingerprint density at radius 2 is 1.02 bits per heavy atom. The highest BCUT2D eigenvalue weighted by Crippen LogP contribution is 2.46. The second-order valence-electron chi connectivity index (χ2n) is 14.3. The van der Waals surface area contributed by atoms with E-state index in [4.69, 9.17) is 19.4 Å². The summed E-state index contributed by atoms with van der Waals surface area (Å²) in [5.74, 6) is 1.85. The molecule has 0 atom stereocenters. The van der Waals surface area contributed by atoms with Crippen LogP contribution < -0.4 is 0 Å². The standard InChI is InChI=1S/C51H30N4OS/c1-3-14-31(15-4-1)49-52-50(32-16-5-2-6-17-32)54-51(53-49)38-21-13-24-44-46(38)39-30-33(26-29-43(39)56-44)34-27-28-42(48-47(34)37-20-9-12-25-45(37)57-48)55-40-22-10-7-18-35(40)36-19-8-11-23-41(36)55/h1-30H. The molecule has 12 aromatic rings. The molecule has 266 valence electrons. The van der Waals surface area contributed by atoms with Gasteiger partial charge in [0.25, 0.3) is 0 Å². The minimum absolute atomic E-state index is 0.600. The van der Waals surface area contributed by atoms with Crippen molar-refractivity contribution in [3.8, 4) is 51.0 Å². The van der Waals surface area contributed by atoms with Gasteiger partial charge in [0.15, 0.2) is 17.5 Å². The van der Waals surface area contributed by atoms with Crippen LogP contribution in [0.2, 0.25) is 0 Å². The van der Waals surface area contributed by atoms with E-state index in [9.17, 15) is 0 Å². The number of furan rings is 1. The van der Waals surface area contributed by atoms with Gasteiger partial charge in [-0.15, -0.1) is 11.3 Å². The molecule has 0 saturated heterocycles. The first-order valence-electron chi connectivity index (χ1n) is 19.0. The second-order valence-corrected chi connectivity index (χ2v) is 15.4. The van der Waals surface area contributed by atoms with Gasteiger partial charge in [-0.2, -0.15) is 0 Å². The van der Waals surface area contributed by atoms with Gasteiger partial charge < -0.3 is 8.98 Å². The molecule has 0 aliphatic rings. The third kappa shape index (κ3) is 4.98. The monoisotopic (exact) mass is 746 g/mol. The molecule has 0 bridgehead atoms. The van der Waals surface area contributed by atoms with E-state index in [0.717, 1.165) is 44.2 Å². The Bertz CT molecular complexity index is 3420. The maximum absolute atomic E-state index is 6.56. The lowest BCUT2D eigenvalue weighted by molar-refractivity contribution is 0.669. The van der Waals surface area contributed by atoms with Gasteiger partial charge in [0, 0.05) is 53.7 Å². The second kappa shape index (κ2) is 12.6. The number of rotatable bonds is 5. The van der Waals surface area contributed by atoms with Crippen LogP contribution in [0.15, 0.2) is 186 Å². The number of nitrogens with zero attached hydrogens (tertiary/aromatic N) is 4. The van der Waals surface area contributed by atoms with Crippen LogP contribution >= 0.6 is 11.3 Å². The number of para-hydroxylation sites is 2. The average molecular weight is 747 g/mol. The van der Waals surface area contributed by atoms with Crippen LogP contribution in [0.25, 0.3) is 115 Å². The maximum Gasteiger partial charge on any atom is 0.164 e. The summed E-state index contributed by atoms with van der Waals surface area (Å²) in [5.41, 5.74) is 10.2. The molecule has 0 amide bonds. The van der Waals surface area contributed by atoms with Crippen LogP contribution in [0.5, 0.6) is 0 Å². The van der Waals surface area contributed by atoms with E-state index in [0.29, 0.717) is 17.5 Å². The van der Waals surface area contributed by atoms with Gasteiger partial charge in [0.05, 0.1) is 21.4 Å². The van der Waals surface area contributed by atoms with Crippen molar-refractivity contribution in [1.82, 2.24) is 19.5 Å². The molecule has 0 fully saturated rings. The van der Waals surface area contributed by atoms with Crippen molar-refractivity contribution in [2.75, 3.05) is 0 Å². The molecule has 0 aliphatic heterocycles. The van der Waals surface area contributed by atoms with Crippen molar-refractivity contribution in [3.05, 3.63) is 182 Å². The lowest BCUT2D eigenvalue weighted by Gasteiger charge is -2.13. The fraction of sp³-hybridized carbons (Fsp3) is 0. The molecule has 0 N–H and O–H groups in total. The smallest absolute Gasteiger partial charge is 0.164 e. The van der Waals surface area contributed by atoms with Crippen LogP contribution in [-0.2, 0) is 0 Å². The summed E-state index contributed by atoms with van der Waals surface area (Å²) in [7, 11) is 0. The summed E-state index contributed by atoms with van der Waals surface area (Å²) in [6.07, 6.45) is 0. The Kier molecular flexibility index (Phi) is 7.03. The molecule has 12 rings (SSSR count). The zero-order valence-corrected chi connectivity index (χ0v) is 31.2. The number of hydrogen-bond acceptors (Lipinski definition) is 5. The van der Waals surface area contributed by atoms with E-state index >= 15 is 0 Å². The van der Waals surface area contributed by atoms with Crippen LogP contribution in [0.3, 0.4) is 0 Å². The number of thiophene rings is 1. The summed E-state index contributed by atoms with van der Waals surface area (Å²) in [6, 6.07) is 63.7. The fourth-order valence-electron chi connectivity index (χ4n) is 8.52. The maximum atomic E-state index is 6.56. The molecule has 4 heterocycles. The zero-order chi connectivity index (χ0) is 37.5. The Morgan fingerprint density at radius 1 is 0.404 bits per heavy atom. The molecular formula is C51H30N4OS. The zero-order valence-electron chi connectivity index (χ0n) is 30.4. The Hall–Kier alpha value is -7.41. The van der Waals surface area contributed by atoms with E-state index < -0.39 is 0 Å². The van der Waals surface area contributed by atoms with E-state index in [1.165, 1.54) is 53.2 Å². The van der Waals surface area contributed by atoms with E-state index in [2.05, 4.69) is 114 Å². The van der Waals surface area contributed by atoms with Crippen molar-refractivity contribution < 1.29 is 4.42 Å². The number of aromatic nitrogens is 4. The van der Waals surface area contributed by atoms with Crippen molar-refractivity contribution in [1.29, 1.82) is 0 Å². The third-order valence-corrected chi connectivity index (χ3v) is 12.3. The minimum Gasteiger partial charge on any atom is -0.456 e. The SMILES string of the molecule is c1ccc(-c2nc(-c3ccccc3)nc(-c3cccc4oc5ccc(-c6ccc(-n7c8ccccc8c8ccccc87)c7sc8ccccc8c67)cc5c34)n2)cc1. The van der Waals surface area contributed by atoms with Gasteiger partial charge in [-0.05, 0) is 53.6 Å². The van der Waals surface area contributed by atoms with Crippen molar-refractivity contribution in [2.24, 2.45) is 0 Å². The van der Waals surface area contributed by atoms with Gasteiger partial charge >= 0.3 is 0 Å². The highest BCUT2D eigenvalue weighted by Gasteiger charge is 2.22. The lowest BCUT2D eigenvalue weighted by Crippen LogP contribution is -2.00. The molecule has 4 aromatic heterocycles. The number of hydrogen-bond donors (Lipinski definition) is 0. The fourth-order valence-corrected chi connectivity index (χ4v) is 9.76. The summed E-state index contributed by atoms with van der Waals surface area (Å²) < 4.78 is 11.5. The predicted octanol–water partition coefficient (Wildman–Crippen LogP) is 13.9. The van der Waals surface area contributed by atoms with Crippen molar-refractivity contribution in [2.45, 2.75) is 0 Å². The number of fused-ring (bicyclic) bond motifs is 9. The molecule has 8 aromatic carbocycles. The number of benzene rings is 8. The van der Waals surface area contributed by atoms with Gasteiger partial charge in [0.2, 0.25) is 0 Å². The van der Waals surface area contributed by atoms with Crippen molar-refractivity contribution in [3.63, 3.8) is 0 Å². The van der Waals surface area contributed by atoms with E-state index in [-0.39, 0.29) is 0 Å². The highest BCUT2D eigenvalue weighted by atomic mass is 32.1. The summed E-state index contributed by atoms with van der Waals surface area (Å²) in [6.45, 7) is 0. The average Bonchev–Trinajstić information content (AvgIpc) is 3.96. The third-order valence-electron chi connectivity index (χ3n) is 11.1. The first kappa shape index (κ1) is 31.9. The molecule has 6 heteroatoms. The van der Waals surface area contributed by atoms with Gasteiger partial charge in [-0.1, -0.05) is 140 Å². The van der Waals surface area contributed by atoms with Crippen LogP contribution in [-0.4, -0.2) is 19.5 Å². The van der Waals surface area contributed by atoms with E-state index in [1.54, 1.807) is 0 Å². The molecule has 5 nitrogen and oxygen atoms in total. The van der Waals surface area contributed by atoms with Gasteiger partial charge in [-0.3, -0.25) is 0 Å². The van der Waals surface area contributed by atoms with Gasteiger partial charge in [-0.25, -0.2) is 15.0 Å². The predicted molar refractivity (Wildman–Crippen MR) is 236 cm³/mol. The molecule has 0 radical (unpaired) electrons. The molecule has 0 unspecified atom stereocenters. The summed E-state index contributed by atoms with van der Waals surface area (Å²) >= 11 is 1.86. The Labute approximate surface area is 330 Å². The topological polar surface area (TPSA) is 56.7 Å². The molecule has 57 heavy (non-hydrogen) atoms. The quantitative estimate of drug-likeness (QED) is 0.176. The first-order chi connectivity index (χ1) is 28.3. The van der Waals surface area contributed by atoms with Crippen LogP contribution in [0.4, 0.5) is 0 Å². The lowest BCUT2D eigenvalue weighted by atomic mass is 9.96. The molecule has 0 aliphatic carbocycles. The molecule has 0 spiro atoms. The summed E-state index contributed by atoms with van der Waals surface area (Å²) in [5, 5.41) is 7.00. The van der Waals surface area contributed by atoms with Crippen LogP contribution in [0, 0.1) is 0 Å². The Balaban J connectivity index is 1.09. The highest BCUT2D eigenvalue weighted by molar-refractivity contribution is 7.26. The largest absolute Gasteiger partial charge is 0.456 e. The van der Waals surface area contributed by atoms with Crippen molar-refractivity contribution >= 4 is 75.3 Å².